The smallest absolute Gasteiger partial charge is 0.123 e. The van der Waals surface area contributed by atoms with Gasteiger partial charge in [-0.15, -0.1) is 0 Å². The first-order chi connectivity index (χ1) is 9.67. The van der Waals surface area contributed by atoms with Crippen LogP contribution in [0.3, 0.4) is 0 Å². The van der Waals surface area contributed by atoms with Crippen molar-refractivity contribution in [2.45, 2.75) is 25.6 Å². The van der Waals surface area contributed by atoms with Crippen molar-refractivity contribution in [2.75, 3.05) is 34.0 Å². The Balaban J connectivity index is 2.14. The Hall–Kier alpha value is -1.30. The van der Waals surface area contributed by atoms with Crippen molar-refractivity contribution in [1.29, 1.82) is 0 Å². The third-order valence-corrected chi connectivity index (χ3v) is 3.70. The van der Waals surface area contributed by atoms with Crippen LogP contribution in [0.15, 0.2) is 18.2 Å². The van der Waals surface area contributed by atoms with Gasteiger partial charge < -0.3 is 19.3 Å². The Kier molecular flexibility index (Phi) is 5.23. The number of morpholine rings is 1. The van der Waals surface area contributed by atoms with E-state index in [0.29, 0.717) is 12.6 Å². The third-order valence-electron chi connectivity index (χ3n) is 3.70. The fraction of sp³-hybridized carbons (Fsp3) is 0.600. The van der Waals surface area contributed by atoms with Gasteiger partial charge in [-0.25, -0.2) is 0 Å². The molecule has 1 aromatic rings. The van der Waals surface area contributed by atoms with Gasteiger partial charge in [-0.05, 0) is 25.1 Å². The molecule has 0 amide bonds. The largest absolute Gasteiger partial charge is 0.497 e. The summed E-state index contributed by atoms with van der Waals surface area (Å²) in [6, 6.07) is 6.12. The van der Waals surface area contributed by atoms with E-state index in [1.54, 1.807) is 14.2 Å². The van der Waals surface area contributed by atoms with Crippen LogP contribution < -0.4 is 9.47 Å². The predicted octanol–water partition coefficient (Wildman–Crippen LogP) is 1.29. The molecule has 1 aromatic carbocycles. The molecule has 112 valence electrons. The van der Waals surface area contributed by atoms with E-state index in [2.05, 4.69) is 11.8 Å². The number of methoxy groups -OCH3 is 2. The van der Waals surface area contributed by atoms with Crippen LogP contribution in [0.4, 0.5) is 0 Å². The van der Waals surface area contributed by atoms with E-state index in [4.69, 9.17) is 14.2 Å². The van der Waals surface area contributed by atoms with E-state index >= 15 is 0 Å². The second-order valence-corrected chi connectivity index (χ2v) is 5.09. The molecule has 0 saturated carbocycles. The van der Waals surface area contributed by atoms with E-state index in [0.717, 1.165) is 30.2 Å². The summed E-state index contributed by atoms with van der Waals surface area (Å²) < 4.78 is 16.2. The van der Waals surface area contributed by atoms with Crippen molar-refractivity contribution in [3.63, 3.8) is 0 Å². The second-order valence-electron chi connectivity index (χ2n) is 5.09. The van der Waals surface area contributed by atoms with Crippen LogP contribution in [0.5, 0.6) is 11.5 Å². The predicted molar refractivity (Wildman–Crippen MR) is 76.2 cm³/mol. The van der Waals surface area contributed by atoms with Gasteiger partial charge in [0.15, 0.2) is 0 Å². The summed E-state index contributed by atoms with van der Waals surface area (Å²) in [6.07, 6.45) is -0.109. The lowest BCUT2D eigenvalue weighted by Gasteiger charge is -2.37. The topological polar surface area (TPSA) is 51.2 Å². The highest BCUT2D eigenvalue weighted by Crippen LogP contribution is 2.26. The molecule has 0 aliphatic carbocycles. The Bertz CT molecular complexity index is 438. The average Bonchev–Trinajstić information content (AvgIpc) is 2.49. The Morgan fingerprint density at radius 3 is 2.80 bits per heavy atom. The highest BCUT2D eigenvalue weighted by Gasteiger charge is 2.26. The zero-order valence-corrected chi connectivity index (χ0v) is 12.3. The average molecular weight is 281 g/mol. The van der Waals surface area contributed by atoms with Crippen LogP contribution in [0, 0.1) is 0 Å². The number of nitrogens with zero attached hydrogens (tertiary/aromatic N) is 1. The fourth-order valence-corrected chi connectivity index (χ4v) is 2.43. The molecule has 1 aliphatic rings. The number of ether oxygens (including phenoxy) is 3. The molecule has 0 bridgehead atoms. The van der Waals surface area contributed by atoms with Gasteiger partial charge in [-0.3, -0.25) is 4.90 Å². The summed E-state index contributed by atoms with van der Waals surface area (Å²) in [5.74, 6) is 1.67. The maximum absolute atomic E-state index is 9.25. The molecule has 5 heteroatoms. The minimum atomic E-state index is -0.109. The summed E-state index contributed by atoms with van der Waals surface area (Å²) in [6.45, 7) is 4.29. The third kappa shape index (κ3) is 3.42. The van der Waals surface area contributed by atoms with Gasteiger partial charge in [-0.2, -0.15) is 0 Å². The van der Waals surface area contributed by atoms with Gasteiger partial charge >= 0.3 is 0 Å². The zero-order chi connectivity index (χ0) is 14.5. The second kappa shape index (κ2) is 6.92. The summed E-state index contributed by atoms with van der Waals surface area (Å²) in [4.78, 5) is 2.29. The molecule has 0 spiro atoms. The Morgan fingerprint density at radius 2 is 2.15 bits per heavy atom. The molecular weight excluding hydrogens is 258 g/mol. The molecular formula is C15H23NO4. The van der Waals surface area contributed by atoms with Crippen LogP contribution in [-0.4, -0.2) is 56.1 Å². The van der Waals surface area contributed by atoms with Crippen molar-refractivity contribution in [1.82, 2.24) is 4.90 Å². The van der Waals surface area contributed by atoms with E-state index in [1.807, 2.05) is 18.2 Å². The molecule has 1 heterocycles. The quantitative estimate of drug-likeness (QED) is 0.881. The van der Waals surface area contributed by atoms with Crippen LogP contribution in [-0.2, 0) is 11.3 Å². The van der Waals surface area contributed by atoms with E-state index in [1.165, 1.54) is 0 Å². The maximum Gasteiger partial charge on any atom is 0.123 e. The standard InChI is InChI=1S/C15H23NO4/c1-11-10-20-14(9-17)8-16(11)7-12-6-13(18-2)4-5-15(12)19-3/h4-6,11,14,17H,7-10H2,1-3H3. The SMILES string of the molecule is COc1ccc(OC)c(CN2CC(CO)OCC2C)c1. The minimum Gasteiger partial charge on any atom is -0.497 e. The Morgan fingerprint density at radius 1 is 1.35 bits per heavy atom. The number of rotatable bonds is 5. The number of benzene rings is 1. The summed E-state index contributed by atoms with van der Waals surface area (Å²) in [7, 11) is 3.33. The first kappa shape index (κ1) is 15.1. The molecule has 20 heavy (non-hydrogen) atoms. The normalized spacial score (nSPS) is 23.6. The van der Waals surface area contributed by atoms with Crippen LogP contribution in [0.25, 0.3) is 0 Å². The van der Waals surface area contributed by atoms with Gasteiger partial charge in [0.25, 0.3) is 0 Å². The molecule has 0 radical (unpaired) electrons. The molecule has 0 aromatic heterocycles. The number of hydrogen-bond acceptors (Lipinski definition) is 5. The van der Waals surface area contributed by atoms with Crippen molar-refractivity contribution < 1.29 is 19.3 Å². The number of aliphatic hydroxyl groups is 1. The molecule has 1 N–H and O–H groups in total. The van der Waals surface area contributed by atoms with Crippen LogP contribution in [0.1, 0.15) is 12.5 Å². The van der Waals surface area contributed by atoms with Crippen LogP contribution in [0.2, 0.25) is 0 Å². The number of aliphatic hydroxyl groups excluding tert-OH is 1. The van der Waals surface area contributed by atoms with Crippen molar-refractivity contribution in [2.24, 2.45) is 0 Å². The molecule has 2 unspecified atom stereocenters. The number of hydrogen-bond donors (Lipinski definition) is 1. The molecule has 1 aliphatic heterocycles. The van der Waals surface area contributed by atoms with Gasteiger partial charge in [-0.1, -0.05) is 0 Å². The van der Waals surface area contributed by atoms with Crippen molar-refractivity contribution in [3.8, 4) is 11.5 Å². The van der Waals surface area contributed by atoms with Crippen LogP contribution >= 0.6 is 0 Å². The molecule has 1 fully saturated rings. The summed E-state index contributed by atoms with van der Waals surface area (Å²) in [5, 5.41) is 9.25. The summed E-state index contributed by atoms with van der Waals surface area (Å²) >= 11 is 0. The van der Waals surface area contributed by atoms with Crippen molar-refractivity contribution >= 4 is 0 Å². The molecule has 1 saturated heterocycles. The monoisotopic (exact) mass is 281 g/mol. The summed E-state index contributed by atoms with van der Waals surface area (Å²) in [5.41, 5.74) is 1.08. The minimum absolute atomic E-state index is 0.0540. The first-order valence-electron chi connectivity index (χ1n) is 6.85. The highest BCUT2D eigenvalue weighted by molar-refractivity contribution is 5.40. The van der Waals surface area contributed by atoms with Crippen molar-refractivity contribution in [3.05, 3.63) is 23.8 Å². The zero-order valence-electron chi connectivity index (χ0n) is 12.3. The van der Waals surface area contributed by atoms with Gasteiger partial charge in [0.1, 0.15) is 11.5 Å². The highest BCUT2D eigenvalue weighted by atomic mass is 16.5. The first-order valence-corrected chi connectivity index (χ1v) is 6.85. The maximum atomic E-state index is 9.25. The van der Waals surface area contributed by atoms with E-state index in [-0.39, 0.29) is 12.7 Å². The van der Waals surface area contributed by atoms with Gasteiger partial charge in [0.05, 0.1) is 33.5 Å². The molecule has 2 atom stereocenters. The van der Waals surface area contributed by atoms with Gasteiger partial charge in [0.2, 0.25) is 0 Å². The molecule has 5 nitrogen and oxygen atoms in total. The lowest BCUT2D eigenvalue weighted by Crippen LogP contribution is -2.48. The lowest BCUT2D eigenvalue weighted by atomic mass is 10.1. The van der Waals surface area contributed by atoms with E-state index in [9.17, 15) is 5.11 Å². The fourth-order valence-electron chi connectivity index (χ4n) is 2.43. The lowest BCUT2D eigenvalue weighted by molar-refractivity contribution is -0.0806. The van der Waals surface area contributed by atoms with E-state index < -0.39 is 0 Å². The van der Waals surface area contributed by atoms with Gasteiger partial charge in [0, 0.05) is 24.7 Å². The Labute approximate surface area is 120 Å². The molecule has 2 rings (SSSR count).